The SMILES string of the molecule is C=CCOc1c(I)cc(C=C2C(=O)NC(=O)N(c3cccc(Br)c3)C2=O)cc1I. The first-order valence-electron chi connectivity index (χ1n) is 8.21. The van der Waals surface area contributed by atoms with Crippen LogP contribution in [0.3, 0.4) is 0 Å². The van der Waals surface area contributed by atoms with Gasteiger partial charge in [0.15, 0.2) is 0 Å². The van der Waals surface area contributed by atoms with Crippen LogP contribution in [0.25, 0.3) is 6.08 Å². The Hall–Kier alpha value is -1.73. The van der Waals surface area contributed by atoms with Crippen LogP contribution in [0.2, 0.25) is 0 Å². The quantitative estimate of drug-likeness (QED) is 0.212. The molecule has 29 heavy (non-hydrogen) atoms. The monoisotopic (exact) mass is 678 g/mol. The van der Waals surface area contributed by atoms with E-state index in [1.165, 1.54) is 6.08 Å². The molecule has 0 aliphatic carbocycles. The van der Waals surface area contributed by atoms with Gasteiger partial charge in [0, 0.05) is 4.47 Å². The number of anilines is 1. The van der Waals surface area contributed by atoms with Crippen molar-refractivity contribution in [1.29, 1.82) is 0 Å². The van der Waals surface area contributed by atoms with E-state index < -0.39 is 17.8 Å². The average molecular weight is 679 g/mol. The van der Waals surface area contributed by atoms with Crippen LogP contribution in [0.1, 0.15) is 5.56 Å². The topological polar surface area (TPSA) is 75.7 Å². The van der Waals surface area contributed by atoms with E-state index >= 15 is 0 Å². The first kappa shape index (κ1) is 22.0. The highest BCUT2D eigenvalue weighted by Gasteiger charge is 2.36. The summed E-state index contributed by atoms with van der Waals surface area (Å²) >= 11 is 7.57. The predicted molar refractivity (Wildman–Crippen MR) is 131 cm³/mol. The van der Waals surface area contributed by atoms with E-state index in [4.69, 9.17) is 4.74 Å². The zero-order valence-electron chi connectivity index (χ0n) is 14.7. The number of carbonyl (C=O) groups is 3. The summed E-state index contributed by atoms with van der Waals surface area (Å²) in [6.45, 7) is 4.01. The number of halogens is 3. The van der Waals surface area contributed by atoms with Crippen molar-refractivity contribution in [3.05, 3.63) is 71.8 Å². The van der Waals surface area contributed by atoms with Gasteiger partial charge in [-0.05, 0) is 87.2 Å². The van der Waals surface area contributed by atoms with Gasteiger partial charge < -0.3 is 4.74 Å². The number of nitrogens with zero attached hydrogens (tertiary/aromatic N) is 1. The van der Waals surface area contributed by atoms with E-state index in [-0.39, 0.29) is 5.57 Å². The number of nitrogens with one attached hydrogen (secondary N) is 1. The van der Waals surface area contributed by atoms with E-state index in [0.717, 1.165) is 12.0 Å². The molecular formula is C20H13BrI2N2O4. The molecule has 148 valence electrons. The second kappa shape index (κ2) is 9.39. The molecule has 0 bridgehead atoms. The number of hydrogen-bond acceptors (Lipinski definition) is 4. The summed E-state index contributed by atoms with van der Waals surface area (Å²) in [5.74, 6) is -0.712. The lowest BCUT2D eigenvalue weighted by molar-refractivity contribution is -0.122. The van der Waals surface area contributed by atoms with Crippen molar-refractivity contribution in [2.24, 2.45) is 0 Å². The van der Waals surface area contributed by atoms with Gasteiger partial charge in [-0.3, -0.25) is 14.9 Å². The van der Waals surface area contributed by atoms with Gasteiger partial charge in [-0.25, -0.2) is 9.69 Å². The Bertz CT molecular complexity index is 1050. The molecule has 1 fully saturated rings. The van der Waals surface area contributed by atoms with Gasteiger partial charge in [0.1, 0.15) is 17.9 Å². The van der Waals surface area contributed by atoms with Gasteiger partial charge in [-0.15, -0.1) is 0 Å². The Morgan fingerprint density at radius 1 is 1.14 bits per heavy atom. The van der Waals surface area contributed by atoms with Crippen molar-refractivity contribution >= 4 is 90.7 Å². The van der Waals surface area contributed by atoms with Gasteiger partial charge in [0.05, 0.1) is 12.8 Å². The van der Waals surface area contributed by atoms with Gasteiger partial charge in [0.25, 0.3) is 11.8 Å². The van der Waals surface area contributed by atoms with Crippen LogP contribution in [0.5, 0.6) is 5.75 Å². The molecule has 1 heterocycles. The molecule has 2 aromatic carbocycles. The highest BCUT2D eigenvalue weighted by molar-refractivity contribution is 14.1. The second-order valence-electron chi connectivity index (χ2n) is 5.85. The van der Waals surface area contributed by atoms with Crippen molar-refractivity contribution in [3.8, 4) is 5.75 Å². The van der Waals surface area contributed by atoms with Crippen LogP contribution in [-0.4, -0.2) is 24.5 Å². The average Bonchev–Trinajstić information content (AvgIpc) is 2.64. The number of imide groups is 2. The first-order valence-corrected chi connectivity index (χ1v) is 11.2. The van der Waals surface area contributed by atoms with Crippen molar-refractivity contribution in [1.82, 2.24) is 5.32 Å². The molecule has 0 atom stereocenters. The van der Waals surface area contributed by atoms with Gasteiger partial charge in [0.2, 0.25) is 0 Å². The highest BCUT2D eigenvalue weighted by Crippen LogP contribution is 2.31. The summed E-state index contributed by atoms with van der Waals surface area (Å²) in [6.07, 6.45) is 3.12. The molecule has 1 saturated heterocycles. The number of amides is 4. The van der Waals surface area contributed by atoms with E-state index in [2.05, 4.69) is 73.0 Å². The lowest BCUT2D eigenvalue weighted by Gasteiger charge is -2.26. The summed E-state index contributed by atoms with van der Waals surface area (Å²) in [6, 6.07) is 9.54. The molecule has 0 aromatic heterocycles. The van der Waals surface area contributed by atoms with Crippen LogP contribution in [0, 0.1) is 7.14 Å². The smallest absolute Gasteiger partial charge is 0.335 e. The number of rotatable bonds is 5. The van der Waals surface area contributed by atoms with Crippen LogP contribution < -0.4 is 15.0 Å². The minimum absolute atomic E-state index is 0.129. The standard InChI is InChI=1S/C20H13BrI2N2O4/c1-2-6-29-17-15(22)8-11(9-16(17)23)7-14-18(26)24-20(28)25(19(14)27)13-5-3-4-12(21)10-13/h2-5,7-10H,1,6H2,(H,24,26,28). The van der Waals surface area contributed by atoms with Crippen molar-refractivity contribution < 1.29 is 19.1 Å². The van der Waals surface area contributed by atoms with Crippen LogP contribution in [0.15, 0.2) is 59.1 Å². The highest BCUT2D eigenvalue weighted by atomic mass is 127. The number of urea groups is 1. The van der Waals surface area contributed by atoms with Crippen LogP contribution in [0.4, 0.5) is 10.5 Å². The minimum Gasteiger partial charge on any atom is -0.487 e. The second-order valence-corrected chi connectivity index (χ2v) is 9.09. The largest absolute Gasteiger partial charge is 0.487 e. The predicted octanol–water partition coefficient (Wildman–Crippen LogP) is 4.89. The Labute approximate surface area is 202 Å². The maximum absolute atomic E-state index is 13.0. The number of ether oxygens (including phenoxy) is 1. The van der Waals surface area contributed by atoms with E-state index in [0.29, 0.717) is 28.1 Å². The molecule has 1 N–H and O–H groups in total. The lowest BCUT2D eigenvalue weighted by Crippen LogP contribution is -2.54. The minimum atomic E-state index is -0.785. The van der Waals surface area contributed by atoms with Crippen molar-refractivity contribution in [3.63, 3.8) is 0 Å². The summed E-state index contributed by atoms with van der Waals surface area (Å²) in [5, 5.41) is 2.22. The van der Waals surface area contributed by atoms with Gasteiger partial charge >= 0.3 is 6.03 Å². The third-order valence-electron chi connectivity index (χ3n) is 3.85. The Balaban J connectivity index is 1.99. The number of carbonyl (C=O) groups excluding carboxylic acids is 3. The molecular weight excluding hydrogens is 666 g/mol. The Kier molecular flexibility index (Phi) is 7.11. The van der Waals surface area contributed by atoms with E-state index in [1.807, 2.05) is 0 Å². The molecule has 6 nitrogen and oxygen atoms in total. The Morgan fingerprint density at radius 2 is 1.83 bits per heavy atom. The fourth-order valence-corrected chi connectivity index (χ4v) is 5.13. The molecule has 3 rings (SSSR count). The summed E-state index contributed by atoms with van der Waals surface area (Å²) in [5.41, 5.74) is 0.875. The number of hydrogen-bond donors (Lipinski definition) is 1. The molecule has 2 aromatic rings. The maximum Gasteiger partial charge on any atom is 0.335 e. The number of benzene rings is 2. The summed E-state index contributed by atoms with van der Waals surface area (Å²) in [7, 11) is 0. The normalized spacial score (nSPS) is 15.5. The molecule has 0 radical (unpaired) electrons. The van der Waals surface area contributed by atoms with Crippen LogP contribution >= 0.6 is 61.1 Å². The van der Waals surface area contributed by atoms with Crippen LogP contribution in [-0.2, 0) is 9.59 Å². The third kappa shape index (κ3) is 4.89. The van der Waals surface area contributed by atoms with E-state index in [9.17, 15) is 14.4 Å². The van der Waals surface area contributed by atoms with Crippen molar-refractivity contribution in [2.75, 3.05) is 11.5 Å². The molecule has 9 heteroatoms. The molecule has 1 aliphatic rings. The molecule has 0 unspecified atom stereocenters. The zero-order chi connectivity index (χ0) is 21.1. The van der Waals surface area contributed by atoms with Crippen molar-refractivity contribution in [2.45, 2.75) is 0 Å². The first-order chi connectivity index (χ1) is 13.8. The van der Waals surface area contributed by atoms with Gasteiger partial charge in [-0.1, -0.05) is 34.7 Å². The zero-order valence-corrected chi connectivity index (χ0v) is 20.6. The fourth-order valence-electron chi connectivity index (χ4n) is 2.62. The molecule has 0 saturated carbocycles. The van der Waals surface area contributed by atoms with Gasteiger partial charge in [-0.2, -0.15) is 0 Å². The number of barbiturate groups is 1. The third-order valence-corrected chi connectivity index (χ3v) is 5.94. The fraction of sp³-hybridized carbons (Fsp3) is 0.0500. The summed E-state index contributed by atoms with van der Waals surface area (Å²) in [4.78, 5) is 38.5. The van der Waals surface area contributed by atoms with E-state index in [1.54, 1.807) is 42.5 Å². The molecule has 4 amide bonds. The molecule has 1 aliphatic heterocycles. The summed E-state index contributed by atoms with van der Waals surface area (Å²) < 4.78 is 8.00. The maximum atomic E-state index is 13.0. The molecule has 0 spiro atoms. The Morgan fingerprint density at radius 3 is 2.45 bits per heavy atom. The lowest BCUT2D eigenvalue weighted by atomic mass is 10.1.